The molecule has 3 aromatic rings. The Hall–Kier alpha value is -3.44. The molecule has 4 rings (SSSR count). The smallest absolute Gasteiger partial charge is 0.304 e. The summed E-state index contributed by atoms with van der Waals surface area (Å²) in [4.78, 5) is 25.8. The van der Waals surface area contributed by atoms with Crippen LogP contribution >= 0.6 is 11.6 Å². The summed E-state index contributed by atoms with van der Waals surface area (Å²) in [5.41, 5.74) is 7.32. The maximum atomic E-state index is 12.9. The van der Waals surface area contributed by atoms with Crippen LogP contribution in [-0.4, -0.2) is 28.8 Å². The van der Waals surface area contributed by atoms with Crippen LogP contribution in [0.5, 0.6) is 0 Å². The number of halogens is 1. The number of carbonyl (C=O) groups is 2. The van der Waals surface area contributed by atoms with Crippen molar-refractivity contribution in [1.82, 2.24) is 10.7 Å². The highest BCUT2D eigenvalue weighted by atomic mass is 35.5. The first-order valence-electron chi connectivity index (χ1n) is 10.0. The number of hydrazine groups is 1. The van der Waals surface area contributed by atoms with Crippen LogP contribution < -0.4 is 10.7 Å². The van der Waals surface area contributed by atoms with E-state index in [4.69, 9.17) is 11.6 Å². The summed E-state index contributed by atoms with van der Waals surface area (Å²) in [5.74, 6) is -0.564. The molecule has 3 aromatic carbocycles. The van der Waals surface area contributed by atoms with E-state index < -0.39 is 12.1 Å². The third kappa shape index (κ3) is 4.52. The van der Waals surface area contributed by atoms with Gasteiger partial charge < -0.3 is 5.32 Å². The molecule has 1 saturated heterocycles. The molecule has 0 unspecified atom stereocenters. The molecule has 0 bridgehead atoms. The minimum atomic E-state index is -0.769. The number of nitrogens with one attached hydrogen (secondary N) is 2. The van der Waals surface area contributed by atoms with E-state index in [1.807, 2.05) is 68.6 Å². The zero-order valence-electron chi connectivity index (χ0n) is 17.3. The SMILES string of the molecule is Cc1cccc(C(=O)N[C@@H]2C(=O)N/[N+](=C\c3ccccc3C)[C@H]2c2ccc(Cl)cc2)c1. The van der Waals surface area contributed by atoms with Gasteiger partial charge in [0.2, 0.25) is 12.3 Å². The molecule has 0 aromatic heterocycles. The monoisotopic (exact) mass is 432 g/mol. The molecule has 0 radical (unpaired) electrons. The summed E-state index contributed by atoms with van der Waals surface area (Å²) in [5, 5.41) is 3.53. The summed E-state index contributed by atoms with van der Waals surface area (Å²) < 4.78 is 1.76. The van der Waals surface area contributed by atoms with E-state index in [9.17, 15) is 9.59 Å². The molecule has 0 saturated carbocycles. The molecule has 1 heterocycles. The molecule has 2 amide bonds. The van der Waals surface area contributed by atoms with Gasteiger partial charge in [-0.15, -0.1) is 10.1 Å². The molecule has 31 heavy (non-hydrogen) atoms. The number of hydrogen-bond donors (Lipinski definition) is 2. The first-order valence-corrected chi connectivity index (χ1v) is 10.4. The summed E-state index contributed by atoms with van der Waals surface area (Å²) in [6.45, 7) is 3.94. The van der Waals surface area contributed by atoms with Crippen LogP contribution in [0.2, 0.25) is 5.02 Å². The fourth-order valence-corrected chi connectivity index (χ4v) is 3.86. The number of aryl methyl sites for hydroxylation is 2. The fraction of sp³-hybridized carbons (Fsp3) is 0.160. The molecule has 0 spiro atoms. The van der Waals surface area contributed by atoms with Crippen LogP contribution in [0.15, 0.2) is 72.8 Å². The highest BCUT2D eigenvalue weighted by Crippen LogP contribution is 2.27. The first kappa shape index (κ1) is 20.8. The lowest BCUT2D eigenvalue weighted by molar-refractivity contribution is -0.596. The maximum absolute atomic E-state index is 12.9. The minimum absolute atomic E-state index is 0.272. The van der Waals surface area contributed by atoms with E-state index in [0.717, 1.165) is 22.3 Å². The van der Waals surface area contributed by atoms with Gasteiger partial charge in [-0.1, -0.05) is 59.6 Å². The Balaban J connectivity index is 1.72. The Morgan fingerprint density at radius 3 is 2.48 bits per heavy atom. The molecule has 1 aliphatic rings. The number of amides is 2. The zero-order chi connectivity index (χ0) is 22.0. The van der Waals surface area contributed by atoms with E-state index in [1.54, 1.807) is 28.9 Å². The van der Waals surface area contributed by atoms with Crippen molar-refractivity contribution in [2.24, 2.45) is 0 Å². The molecule has 2 N–H and O–H groups in total. The van der Waals surface area contributed by atoms with Gasteiger partial charge >= 0.3 is 5.91 Å². The molecular formula is C25H23ClN3O2+. The van der Waals surface area contributed by atoms with Crippen molar-refractivity contribution < 1.29 is 14.3 Å². The summed E-state index contributed by atoms with van der Waals surface area (Å²) in [6, 6.07) is 21.3. The Bertz CT molecular complexity index is 1170. The highest BCUT2D eigenvalue weighted by molar-refractivity contribution is 6.30. The Morgan fingerprint density at radius 2 is 1.77 bits per heavy atom. The van der Waals surface area contributed by atoms with Gasteiger partial charge in [0.25, 0.3) is 5.91 Å². The van der Waals surface area contributed by atoms with Crippen LogP contribution in [0.3, 0.4) is 0 Å². The van der Waals surface area contributed by atoms with Crippen molar-refractivity contribution in [2.45, 2.75) is 25.9 Å². The van der Waals surface area contributed by atoms with Crippen molar-refractivity contribution >= 4 is 29.6 Å². The maximum Gasteiger partial charge on any atom is 0.304 e. The number of benzene rings is 3. The van der Waals surface area contributed by atoms with Gasteiger partial charge in [0.1, 0.15) is 0 Å². The molecule has 1 aliphatic heterocycles. The lowest BCUT2D eigenvalue weighted by Crippen LogP contribution is -2.42. The highest BCUT2D eigenvalue weighted by Gasteiger charge is 2.47. The Kier molecular flexibility index (Phi) is 5.87. The van der Waals surface area contributed by atoms with Crippen molar-refractivity contribution in [1.29, 1.82) is 0 Å². The van der Waals surface area contributed by atoms with Crippen LogP contribution in [0, 0.1) is 13.8 Å². The van der Waals surface area contributed by atoms with E-state index in [0.29, 0.717) is 10.6 Å². The normalized spacial score (nSPS) is 19.3. The zero-order valence-corrected chi connectivity index (χ0v) is 18.1. The largest absolute Gasteiger partial charge is 0.334 e. The predicted molar refractivity (Wildman–Crippen MR) is 121 cm³/mol. The molecular weight excluding hydrogens is 410 g/mol. The van der Waals surface area contributed by atoms with Gasteiger partial charge in [-0.05, 0) is 49.7 Å². The van der Waals surface area contributed by atoms with Gasteiger partial charge in [0.05, 0.1) is 0 Å². The van der Waals surface area contributed by atoms with Crippen LogP contribution in [0.1, 0.15) is 38.7 Å². The third-order valence-corrected chi connectivity index (χ3v) is 5.63. The summed E-state index contributed by atoms with van der Waals surface area (Å²) >= 11 is 6.08. The first-order chi connectivity index (χ1) is 14.9. The number of rotatable bonds is 4. The number of nitrogens with zero attached hydrogens (tertiary/aromatic N) is 1. The summed E-state index contributed by atoms with van der Waals surface area (Å²) in [6.07, 6.45) is 1.89. The van der Waals surface area contributed by atoms with Crippen LogP contribution in [0.4, 0.5) is 0 Å². The fourth-order valence-electron chi connectivity index (χ4n) is 3.73. The number of hydrazone groups is 1. The average molecular weight is 433 g/mol. The second kappa shape index (κ2) is 8.74. The van der Waals surface area contributed by atoms with Gasteiger partial charge in [-0.2, -0.15) is 0 Å². The molecule has 156 valence electrons. The quantitative estimate of drug-likeness (QED) is 0.613. The Labute approximate surface area is 186 Å². The molecule has 0 aliphatic carbocycles. The number of carbonyl (C=O) groups excluding carboxylic acids is 2. The third-order valence-electron chi connectivity index (χ3n) is 5.38. The Morgan fingerprint density at radius 1 is 1.03 bits per heavy atom. The van der Waals surface area contributed by atoms with Crippen LogP contribution in [0.25, 0.3) is 0 Å². The van der Waals surface area contributed by atoms with Gasteiger partial charge in [-0.3, -0.25) is 9.59 Å². The van der Waals surface area contributed by atoms with Crippen molar-refractivity contribution in [3.05, 3.63) is 106 Å². The second-order valence-electron chi connectivity index (χ2n) is 7.69. The van der Waals surface area contributed by atoms with E-state index in [2.05, 4.69) is 10.7 Å². The van der Waals surface area contributed by atoms with Crippen molar-refractivity contribution in [3.8, 4) is 0 Å². The minimum Gasteiger partial charge on any atom is -0.334 e. The number of hydrogen-bond acceptors (Lipinski definition) is 2. The predicted octanol–water partition coefficient (Wildman–Crippen LogP) is 3.97. The van der Waals surface area contributed by atoms with E-state index >= 15 is 0 Å². The molecule has 6 heteroatoms. The van der Waals surface area contributed by atoms with Gasteiger partial charge in [-0.25, -0.2) is 0 Å². The van der Waals surface area contributed by atoms with Gasteiger partial charge in [0.15, 0.2) is 6.04 Å². The van der Waals surface area contributed by atoms with Crippen LogP contribution in [-0.2, 0) is 4.79 Å². The summed E-state index contributed by atoms with van der Waals surface area (Å²) in [7, 11) is 0. The van der Waals surface area contributed by atoms with Gasteiger partial charge in [0, 0.05) is 21.7 Å². The van der Waals surface area contributed by atoms with Crippen molar-refractivity contribution in [2.75, 3.05) is 0 Å². The van der Waals surface area contributed by atoms with E-state index in [1.165, 1.54) is 0 Å². The molecule has 5 nitrogen and oxygen atoms in total. The standard InChI is InChI=1S/C25H22ClN3O2/c1-16-6-5-9-19(14-16)24(30)27-22-23(18-10-12-21(26)13-11-18)29(28-25(22)31)15-20-8-4-3-7-17(20)2/h3-15,22-23H,1-2H3,(H-,27,28,30,31)/p+1/b29-15-/t22-,23-/m0/s1. The second-order valence-corrected chi connectivity index (χ2v) is 8.12. The average Bonchev–Trinajstić information content (AvgIpc) is 3.05. The lowest BCUT2D eigenvalue weighted by atomic mass is 9.99. The lowest BCUT2D eigenvalue weighted by Gasteiger charge is -2.15. The molecule has 1 fully saturated rings. The van der Waals surface area contributed by atoms with Crippen molar-refractivity contribution in [3.63, 3.8) is 0 Å². The molecule has 2 atom stereocenters. The topological polar surface area (TPSA) is 61.2 Å². The van der Waals surface area contributed by atoms with E-state index in [-0.39, 0.29) is 11.8 Å².